The largest absolute Gasteiger partial charge is 0.341 e. The fourth-order valence-electron chi connectivity index (χ4n) is 3.86. The normalized spacial score (nSPS) is 24.2. The van der Waals surface area contributed by atoms with E-state index >= 15 is 0 Å². The van der Waals surface area contributed by atoms with E-state index in [1.165, 1.54) is 6.07 Å². The lowest BCUT2D eigenvalue weighted by Gasteiger charge is -2.35. The highest BCUT2D eigenvalue weighted by Crippen LogP contribution is 2.43. The molecule has 1 heterocycles. The van der Waals surface area contributed by atoms with Gasteiger partial charge in [0.2, 0.25) is 5.91 Å². The fraction of sp³-hybridized carbons (Fsp3) is 0.588. The lowest BCUT2D eigenvalue weighted by molar-refractivity contribution is -0.137. The van der Waals surface area contributed by atoms with Gasteiger partial charge in [-0.1, -0.05) is 25.0 Å². The predicted octanol–water partition coefficient (Wildman–Crippen LogP) is 2.46. The molecule has 1 unspecified atom stereocenters. The quantitative estimate of drug-likeness (QED) is 0.927. The summed E-state index contributed by atoms with van der Waals surface area (Å²) in [7, 11) is 1.90. The van der Waals surface area contributed by atoms with Gasteiger partial charge >= 0.3 is 0 Å². The molecule has 0 spiro atoms. The number of hydrogen-bond acceptors (Lipinski definition) is 2. The molecule has 2 fully saturated rings. The molecule has 3 nitrogen and oxygen atoms in total. The van der Waals surface area contributed by atoms with Crippen molar-refractivity contribution in [2.75, 3.05) is 20.1 Å². The van der Waals surface area contributed by atoms with Gasteiger partial charge in [0.15, 0.2) is 0 Å². The van der Waals surface area contributed by atoms with E-state index in [0.29, 0.717) is 0 Å². The van der Waals surface area contributed by atoms with Crippen LogP contribution < -0.4 is 5.32 Å². The summed E-state index contributed by atoms with van der Waals surface area (Å²) in [5.74, 6) is -0.0870. The van der Waals surface area contributed by atoms with Gasteiger partial charge in [-0.3, -0.25) is 4.79 Å². The molecule has 1 aromatic carbocycles. The number of nitrogens with zero attached hydrogens (tertiary/aromatic N) is 1. The van der Waals surface area contributed by atoms with Gasteiger partial charge in [-0.05, 0) is 43.5 Å². The first-order chi connectivity index (χ1) is 10.1. The molecular weight excluding hydrogens is 267 g/mol. The zero-order valence-electron chi connectivity index (χ0n) is 12.6. The number of likely N-dealkylation sites (N-methyl/N-ethyl adjacent to an activating group) is 1. The van der Waals surface area contributed by atoms with Crippen molar-refractivity contribution >= 4 is 5.91 Å². The number of halogens is 1. The van der Waals surface area contributed by atoms with Crippen LogP contribution in [0.3, 0.4) is 0 Å². The maximum absolute atomic E-state index is 13.6. The Hall–Kier alpha value is -1.42. The van der Waals surface area contributed by atoms with E-state index in [1.54, 1.807) is 12.1 Å². The van der Waals surface area contributed by atoms with Gasteiger partial charge in [-0.2, -0.15) is 0 Å². The molecule has 2 aliphatic rings. The molecule has 1 N–H and O–H groups in total. The van der Waals surface area contributed by atoms with Gasteiger partial charge in [0.05, 0.1) is 5.41 Å². The summed E-state index contributed by atoms with van der Waals surface area (Å²) >= 11 is 0. The molecule has 1 amide bonds. The van der Waals surface area contributed by atoms with Gasteiger partial charge in [0.25, 0.3) is 0 Å². The zero-order valence-corrected chi connectivity index (χ0v) is 12.6. The van der Waals surface area contributed by atoms with Crippen LogP contribution in [-0.2, 0) is 10.2 Å². The summed E-state index contributed by atoms with van der Waals surface area (Å²) in [5, 5.41) is 3.31. The second kappa shape index (κ2) is 5.76. The molecule has 4 heteroatoms. The highest BCUT2D eigenvalue weighted by molar-refractivity contribution is 5.88. The summed E-state index contributed by atoms with van der Waals surface area (Å²) in [6.07, 6.45) is 4.75. The zero-order chi connectivity index (χ0) is 14.9. The van der Waals surface area contributed by atoms with Gasteiger partial charge in [-0.15, -0.1) is 0 Å². The molecule has 1 aromatic rings. The first kappa shape index (κ1) is 14.5. The van der Waals surface area contributed by atoms with Crippen LogP contribution in [0, 0.1) is 5.82 Å². The number of carbonyl (C=O) groups is 1. The minimum Gasteiger partial charge on any atom is -0.341 e. The van der Waals surface area contributed by atoms with Crippen LogP contribution in [0.2, 0.25) is 0 Å². The van der Waals surface area contributed by atoms with Crippen LogP contribution in [0.1, 0.15) is 37.7 Å². The van der Waals surface area contributed by atoms with Crippen molar-refractivity contribution in [3.63, 3.8) is 0 Å². The van der Waals surface area contributed by atoms with Gasteiger partial charge in [0.1, 0.15) is 5.82 Å². The third-order valence-electron chi connectivity index (χ3n) is 5.15. The van der Waals surface area contributed by atoms with E-state index in [4.69, 9.17) is 0 Å². The molecule has 21 heavy (non-hydrogen) atoms. The Labute approximate surface area is 125 Å². The van der Waals surface area contributed by atoms with Crippen LogP contribution in [0.5, 0.6) is 0 Å². The molecule has 1 aliphatic heterocycles. The van der Waals surface area contributed by atoms with Gasteiger partial charge < -0.3 is 10.2 Å². The molecule has 3 rings (SSSR count). The second-order valence-electron chi connectivity index (χ2n) is 6.36. The predicted molar refractivity (Wildman–Crippen MR) is 80.6 cm³/mol. The monoisotopic (exact) mass is 290 g/mol. The van der Waals surface area contributed by atoms with Crippen molar-refractivity contribution in [2.24, 2.45) is 0 Å². The maximum atomic E-state index is 13.6. The SMILES string of the molecule is CN(C(=O)C1(c2cccc(F)c2)CCCC1)C1CCNC1. The van der Waals surface area contributed by atoms with Crippen LogP contribution in [0.4, 0.5) is 4.39 Å². The van der Waals surface area contributed by atoms with E-state index in [9.17, 15) is 9.18 Å². The number of rotatable bonds is 3. The van der Waals surface area contributed by atoms with Crippen LogP contribution in [-0.4, -0.2) is 37.0 Å². The summed E-state index contributed by atoms with van der Waals surface area (Å²) in [4.78, 5) is 15.0. The van der Waals surface area contributed by atoms with Crippen molar-refractivity contribution in [2.45, 2.75) is 43.6 Å². The smallest absolute Gasteiger partial charge is 0.233 e. The minimum absolute atomic E-state index is 0.166. The molecule has 1 aliphatic carbocycles. The van der Waals surface area contributed by atoms with Crippen molar-refractivity contribution in [1.82, 2.24) is 10.2 Å². The van der Waals surface area contributed by atoms with E-state index < -0.39 is 5.41 Å². The van der Waals surface area contributed by atoms with Crippen molar-refractivity contribution in [1.29, 1.82) is 0 Å². The Balaban J connectivity index is 1.91. The molecule has 1 saturated heterocycles. The van der Waals surface area contributed by atoms with Crippen LogP contribution in [0.15, 0.2) is 24.3 Å². The molecule has 0 aromatic heterocycles. The average molecular weight is 290 g/mol. The highest BCUT2D eigenvalue weighted by Gasteiger charge is 2.45. The van der Waals surface area contributed by atoms with Crippen molar-refractivity contribution < 1.29 is 9.18 Å². The van der Waals surface area contributed by atoms with Crippen LogP contribution >= 0.6 is 0 Å². The second-order valence-corrected chi connectivity index (χ2v) is 6.36. The first-order valence-electron chi connectivity index (χ1n) is 7.87. The Kier molecular flexibility index (Phi) is 3.98. The van der Waals surface area contributed by atoms with Crippen molar-refractivity contribution in [3.8, 4) is 0 Å². The lowest BCUT2D eigenvalue weighted by Crippen LogP contribution is -2.48. The molecule has 0 radical (unpaired) electrons. The Bertz CT molecular complexity index is 519. The minimum atomic E-state index is -0.514. The molecular formula is C17H23FN2O. The summed E-state index contributed by atoms with van der Waals surface area (Å²) < 4.78 is 13.6. The third-order valence-corrected chi connectivity index (χ3v) is 5.15. The summed E-state index contributed by atoms with van der Waals surface area (Å²) in [6, 6.07) is 6.89. The maximum Gasteiger partial charge on any atom is 0.233 e. The molecule has 114 valence electrons. The standard InChI is InChI=1S/C17H23FN2O/c1-20(15-7-10-19-12-15)16(21)17(8-2-3-9-17)13-5-4-6-14(18)11-13/h4-6,11,15,19H,2-3,7-10,12H2,1H3. The Morgan fingerprint density at radius 2 is 2.14 bits per heavy atom. The Morgan fingerprint density at radius 3 is 2.76 bits per heavy atom. The molecule has 1 saturated carbocycles. The number of amides is 1. The van der Waals surface area contributed by atoms with Crippen LogP contribution in [0.25, 0.3) is 0 Å². The van der Waals surface area contributed by atoms with Crippen molar-refractivity contribution in [3.05, 3.63) is 35.6 Å². The number of carbonyl (C=O) groups excluding carboxylic acids is 1. The lowest BCUT2D eigenvalue weighted by atomic mass is 9.77. The van der Waals surface area contributed by atoms with E-state index in [-0.39, 0.29) is 17.8 Å². The number of benzene rings is 1. The summed E-state index contributed by atoms with van der Waals surface area (Å²) in [5.41, 5.74) is 0.335. The summed E-state index contributed by atoms with van der Waals surface area (Å²) in [6.45, 7) is 1.83. The average Bonchev–Trinajstić information content (AvgIpc) is 3.17. The van der Waals surface area contributed by atoms with E-state index in [2.05, 4.69) is 5.32 Å². The van der Waals surface area contributed by atoms with E-state index in [1.807, 2.05) is 18.0 Å². The molecule has 1 atom stereocenters. The highest BCUT2D eigenvalue weighted by atomic mass is 19.1. The topological polar surface area (TPSA) is 32.3 Å². The number of hydrogen-bond donors (Lipinski definition) is 1. The van der Waals surface area contributed by atoms with Gasteiger partial charge in [0, 0.05) is 19.6 Å². The first-order valence-corrected chi connectivity index (χ1v) is 7.87. The van der Waals surface area contributed by atoms with Gasteiger partial charge in [-0.25, -0.2) is 4.39 Å². The number of nitrogens with one attached hydrogen (secondary N) is 1. The molecule has 0 bridgehead atoms. The van der Waals surface area contributed by atoms with E-state index in [0.717, 1.165) is 50.8 Å². The third kappa shape index (κ3) is 2.57. The Morgan fingerprint density at radius 1 is 1.38 bits per heavy atom. The fourth-order valence-corrected chi connectivity index (χ4v) is 3.86.